The zero-order chi connectivity index (χ0) is 13.7. The predicted molar refractivity (Wildman–Crippen MR) is 74.9 cm³/mol. The monoisotopic (exact) mass is 257 g/mol. The second-order valence-corrected chi connectivity index (χ2v) is 4.80. The molecular weight excluding hydrogens is 238 g/mol. The summed E-state index contributed by atoms with van der Waals surface area (Å²) in [6, 6.07) is 6.06. The molecule has 1 heterocycles. The third-order valence-corrected chi connectivity index (χ3v) is 3.06. The molecule has 0 saturated heterocycles. The Morgan fingerprint density at radius 2 is 2.16 bits per heavy atom. The lowest BCUT2D eigenvalue weighted by Gasteiger charge is -2.13. The Hall–Kier alpha value is -1.94. The van der Waals surface area contributed by atoms with Gasteiger partial charge in [-0.15, -0.1) is 0 Å². The Bertz CT molecular complexity index is 528. The van der Waals surface area contributed by atoms with Crippen molar-refractivity contribution in [1.29, 1.82) is 0 Å². The van der Waals surface area contributed by atoms with E-state index in [1.54, 1.807) is 24.7 Å². The number of nitrogens with one attached hydrogen (secondary N) is 1. The van der Waals surface area contributed by atoms with Gasteiger partial charge in [0.1, 0.15) is 5.75 Å². The topological polar surface area (TPSA) is 58.0 Å². The fourth-order valence-electron chi connectivity index (χ4n) is 1.88. The van der Waals surface area contributed by atoms with Crippen molar-refractivity contribution >= 4 is 0 Å². The highest BCUT2D eigenvalue weighted by atomic mass is 16.3. The first-order valence-corrected chi connectivity index (χ1v) is 6.42. The minimum atomic E-state index is 0.306. The molecule has 1 atom stereocenters. The Balaban J connectivity index is 1.86. The number of aromatic hydroxyl groups is 1. The number of aryl methyl sites for hydroxylation is 1. The molecule has 0 amide bonds. The highest BCUT2D eigenvalue weighted by Crippen LogP contribution is 2.17. The van der Waals surface area contributed by atoms with E-state index in [4.69, 9.17) is 0 Å². The Kier molecular flexibility index (Phi) is 4.47. The SMILES string of the molecule is Cc1ccc(CNC(C)Cc2cnccn2)cc1O. The molecule has 0 spiro atoms. The van der Waals surface area contributed by atoms with Crippen molar-refractivity contribution in [3.05, 3.63) is 53.6 Å². The first-order valence-electron chi connectivity index (χ1n) is 6.42. The Morgan fingerprint density at radius 1 is 1.32 bits per heavy atom. The molecule has 0 radical (unpaired) electrons. The number of phenolic OH excluding ortho intramolecular Hbond substituents is 1. The predicted octanol–water partition coefficient (Wildman–Crippen LogP) is 2.21. The van der Waals surface area contributed by atoms with Crippen LogP contribution in [0.4, 0.5) is 0 Å². The van der Waals surface area contributed by atoms with Crippen molar-refractivity contribution in [3.63, 3.8) is 0 Å². The molecule has 0 bridgehead atoms. The van der Waals surface area contributed by atoms with E-state index in [2.05, 4.69) is 22.2 Å². The number of nitrogens with zero attached hydrogens (tertiary/aromatic N) is 2. The van der Waals surface area contributed by atoms with E-state index in [1.807, 2.05) is 19.1 Å². The van der Waals surface area contributed by atoms with Crippen molar-refractivity contribution < 1.29 is 5.11 Å². The van der Waals surface area contributed by atoms with Gasteiger partial charge in [0.05, 0.1) is 5.69 Å². The number of rotatable bonds is 5. The van der Waals surface area contributed by atoms with E-state index in [0.717, 1.165) is 29.8 Å². The molecule has 2 rings (SSSR count). The van der Waals surface area contributed by atoms with Gasteiger partial charge in [-0.3, -0.25) is 9.97 Å². The van der Waals surface area contributed by atoms with Gasteiger partial charge < -0.3 is 10.4 Å². The van der Waals surface area contributed by atoms with Crippen LogP contribution in [0.15, 0.2) is 36.8 Å². The largest absolute Gasteiger partial charge is 0.508 e. The van der Waals surface area contributed by atoms with Crippen molar-refractivity contribution in [2.24, 2.45) is 0 Å². The van der Waals surface area contributed by atoms with Crippen LogP contribution in [-0.2, 0) is 13.0 Å². The molecule has 1 unspecified atom stereocenters. The molecular formula is C15H19N3O. The summed E-state index contributed by atoms with van der Waals surface area (Å²) in [7, 11) is 0. The van der Waals surface area contributed by atoms with Crippen LogP contribution in [0, 0.1) is 6.92 Å². The van der Waals surface area contributed by atoms with E-state index >= 15 is 0 Å². The maximum atomic E-state index is 9.65. The van der Waals surface area contributed by atoms with Crippen LogP contribution in [0.25, 0.3) is 0 Å². The zero-order valence-corrected chi connectivity index (χ0v) is 11.3. The fraction of sp³-hybridized carbons (Fsp3) is 0.333. The van der Waals surface area contributed by atoms with Crippen LogP contribution in [0.2, 0.25) is 0 Å². The third-order valence-electron chi connectivity index (χ3n) is 3.06. The summed E-state index contributed by atoms with van der Waals surface area (Å²) in [4.78, 5) is 8.31. The van der Waals surface area contributed by atoms with Crippen molar-refractivity contribution in [2.75, 3.05) is 0 Å². The van der Waals surface area contributed by atoms with Crippen molar-refractivity contribution in [2.45, 2.75) is 32.9 Å². The lowest BCUT2D eigenvalue weighted by molar-refractivity contribution is 0.468. The van der Waals surface area contributed by atoms with Gasteiger partial charge in [0.2, 0.25) is 0 Å². The second kappa shape index (κ2) is 6.29. The average molecular weight is 257 g/mol. The van der Waals surface area contributed by atoms with E-state index in [-0.39, 0.29) is 0 Å². The normalized spacial score (nSPS) is 12.3. The summed E-state index contributed by atoms with van der Waals surface area (Å²) in [6.07, 6.45) is 6.01. The van der Waals surface area contributed by atoms with Crippen LogP contribution in [0.5, 0.6) is 5.75 Å². The van der Waals surface area contributed by atoms with E-state index in [1.165, 1.54) is 0 Å². The Morgan fingerprint density at radius 3 is 2.84 bits per heavy atom. The average Bonchev–Trinajstić information content (AvgIpc) is 2.41. The van der Waals surface area contributed by atoms with Crippen LogP contribution in [0.1, 0.15) is 23.7 Å². The molecule has 1 aromatic heterocycles. The minimum absolute atomic E-state index is 0.306. The first-order chi connectivity index (χ1) is 9.15. The summed E-state index contributed by atoms with van der Waals surface area (Å²) in [5, 5.41) is 13.1. The summed E-state index contributed by atoms with van der Waals surface area (Å²) in [5.74, 6) is 0.348. The van der Waals surface area contributed by atoms with Gasteiger partial charge >= 0.3 is 0 Å². The number of hydrogen-bond acceptors (Lipinski definition) is 4. The molecule has 19 heavy (non-hydrogen) atoms. The Labute approximate surface area is 113 Å². The molecule has 0 aliphatic rings. The summed E-state index contributed by atoms with van der Waals surface area (Å²) >= 11 is 0. The first kappa shape index (κ1) is 13.5. The molecule has 2 aromatic rings. The fourth-order valence-corrected chi connectivity index (χ4v) is 1.88. The molecule has 4 heteroatoms. The zero-order valence-electron chi connectivity index (χ0n) is 11.3. The lowest BCUT2D eigenvalue weighted by atomic mass is 10.1. The maximum absolute atomic E-state index is 9.65. The van der Waals surface area contributed by atoms with Gasteiger partial charge in [0, 0.05) is 37.6 Å². The summed E-state index contributed by atoms with van der Waals surface area (Å²) in [6.45, 7) is 4.74. The van der Waals surface area contributed by atoms with Crippen molar-refractivity contribution in [3.8, 4) is 5.75 Å². The number of benzene rings is 1. The third kappa shape index (κ3) is 4.03. The van der Waals surface area contributed by atoms with Gasteiger partial charge in [-0.05, 0) is 31.0 Å². The second-order valence-electron chi connectivity index (χ2n) is 4.80. The summed E-state index contributed by atoms with van der Waals surface area (Å²) < 4.78 is 0. The molecule has 100 valence electrons. The smallest absolute Gasteiger partial charge is 0.118 e. The highest BCUT2D eigenvalue weighted by Gasteiger charge is 2.05. The van der Waals surface area contributed by atoms with Gasteiger partial charge in [-0.1, -0.05) is 12.1 Å². The standard InChI is InChI=1S/C15H19N3O/c1-11-3-4-13(8-15(11)19)9-18-12(2)7-14-10-16-5-6-17-14/h3-6,8,10,12,18-19H,7,9H2,1-2H3. The maximum Gasteiger partial charge on any atom is 0.118 e. The highest BCUT2D eigenvalue weighted by molar-refractivity contribution is 5.35. The quantitative estimate of drug-likeness (QED) is 0.862. The molecule has 0 saturated carbocycles. The minimum Gasteiger partial charge on any atom is -0.508 e. The molecule has 4 nitrogen and oxygen atoms in total. The molecule has 2 N–H and O–H groups in total. The molecule has 0 fully saturated rings. The van der Waals surface area contributed by atoms with Crippen LogP contribution < -0.4 is 5.32 Å². The van der Waals surface area contributed by atoms with Gasteiger partial charge in [0.25, 0.3) is 0 Å². The van der Waals surface area contributed by atoms with Crippen LogP contribution >= 0.6 is 0 Å². The van der Waals surface area contributed by atoms with E-state index in [9.17, 15) is 5.11 Å². The van der Waals surface area contributed by atoms with E-state index < -0.39 is 0 Å². The molecule has 0 aliphatic carbocycles. The lowest BCUT2D eigenvalue weighted by Crippen LogP contribution is -2.27. The van der Waals surface area contributed by atoms with Crippen molar-refractivity contribution in [1.82, 2.24) is 15.3 Å². The summed E-state index contributed by atoms with van der Waals surface area (Å²) in [5.41, 5.74) is 2.96. The van der Waals surface area contributed by atoms with Gasteiger partial charge in [-0.2, -0.15) is 0 Å². The van der Waals surface area contributed by atoms with E-state index in [0.29, 0.717) is 11.8 Å². The molecule has 1 aromatic carbocycles. The van der Waals surface area contributed by atoms with Gasteiger partial charge in [0.15, 0.2) is 0 Å². The molecule has 0 aliphatic heterocycles. The van der Waals surface area contributed by atoms with Gasteiger partial charge in [-0.25, -0.2) is 0 Å². The number of aromatic nitrogens is 2. The number of hydrogen-bond donors (Lipinski definition) is 2. The number of phenols is 1. The van der Waals surface area contributed by atoms with Crippen LogP contribution in [-0.4, -0.2) is 21.1 Å². The van der Waals surface area contributed by atoms with Crippen LogP contribution in [0.3, 0.4) is 0 Å².